The molecule has 5 nitrogen and oxygen atoms in total. The minimum Gasteiger partial charge on any atom is -0.341 e. The summed E-state index contributed by atoms with van der Waals surface area (Å²) in [5, 5.41) is 3.84. The maximum atomic E-state index is 11.3. The van der Waals surface area contributed by atoms with E-state index >= 15 is 0 Å². The van der Waals surface area contributed by atoms with E-state index in [-0.39, 0.29) is 11.9 Å². The molecule has 0 aromatic heterocycles. The van der Waals surface area contributed by atoms with Crippen LogP contribution in [0, 0.1) is 5.92 Å². The van der Waals surface area contributed by atoms with Gasteiger partial charge < -0.3 is 10.2 Å². The van der Waals surface area contributed by atoms with Crippen molar-refractivity contribution in [3.05, 3.63) is 11.5 Å². The van der Waals surface area contributed by atoms with Crippen molar-refractivity contribution in [2.24, 2.45) is 5.92 Å². The molecule has 0 bridgehead atoms. The largest absolute Gasteiger partial charge is 0.341 e. The monoisotopic (exact) mass is 246 g/mol. The number of hydrogen-bond acceptors (Lipinski definition) is 3. The Labute approximate surface area is 96.4 Å². The van der Waals surface area contributed by atoms with E-state index in [9.17, 15) is 13.2 Å². The van der Waals surface area contributed by atoms with Gasteiger partial charge in [0.1, 0.15) is 0 Å². The molecule has 0 spiro atoms. The molecule has 6 heteroatoms. The van der Waals surface area contributed by atoms with Crippen molar-refractivity contribution in [2.75, 3.05) is 26.4 Å². The maximum absolute atomic E-state index is 11.3. The van der Waals surface area contributed by atoms with E-state index < -0.39 is 9.84 Å². The molecule has 92 valence electrons. The molecule has 1 fully saturated rings. The number of nitrogens with zero attached hydrogens (tertiary/aromatic N) is 1. The van der Waals surface area contributed by atoms with Crippen LogP contribution in [0.25, 0.3) is 0 Å². The highest BCUT2D eigenvalue weighted by atomic mass is 32.2. The fourth-order valence-electron chi connectivity index (χ4n) is 1.71. The number of amides is 2. The molecule has 0 unspecified atom stereocenters. The molecular formula is C10H18N2O3S. The molecule has 1 N–H and O–H groups in total. The van der Waals surface area contributed by atoms with Gasteiger partial charge in [-0.15, -0.1) is 0 Å². The van der Waals surface area contributed by atoms with Crippen LogP contribution in [-0.4, -0.2) is 45.7 Å². The number of hydrogen-bond donors (Lipinski definition) is 1. The van der Waals surface area contributed by atoms with Crippen LogP contribution in [-0.2, 0) is 9.84 Å². The molecule has 16 heavy (non-hydrogen) atoms. The first-order valence-electron chi connectivity index (χ1n) is 5.27. The van der Waals surface area contributed by atoms with E-state index in [1.807, 2.05) is 0 Å². The molecule has 0 saturated carbocycles. The van der Waals surface area contributed by atoms with Crippen LogP contribution in [0.2, 0.25) is 0 Å². The molecule has 0 radical (unpaired) electrons. The van der Waals surface area contributed by atoms with Gasteiger partial charge in [0.2, 0.25) is 0 Å². The third kappa shape index (κ3) is 4.22. The van der Waals surface area contributed by atoms with Crippen LogP contribution in [0.5, 0.6) is 0 Å². The number of allylic oxidation sites excluding steroid dienone is 1. The second kappa shape index (κ2) is 5.34. The SMILES string of the molecule is CNC(=O)N1CCC(/C=C/S(C)(=O)=O)CC1. The molecule has 0 atom stereocenters. The Morgan fingerprint density at radius 2 is 1.94 bits per heavy atom. The van der Waals surface area contributed by atoms with Crippen LogP contribution in [0.3, 0.4) is 0 Å². The summed E-state index contributed by atoms with van der Waals surface area (Å²) in [6, 6.07) is -0.0643. The topological polar surface area (TPSA) is 66.5 Å². The minimum atomic E-state index is -3.03. The lowest BCUT2D eigenvalue weighted by molar-refractivity contribution is 0.180. The zero-order valence-corrected chi connectivity index (χ0v) is 10.5. The zero-order valence-electron chi connectivity index (χ0n) is 9.64. The van der Waals surface area contributed by atoms with Gasteiger partial charge in [-0.2, -0.15) is 0 Å². The summed E-state index contributed by atoms with van der Waals surface area (Å²) in [5.41, 5.74) is 0. The molecule has 1 heterocycles. The summed E-state index contributed by atoms with van der Waals surface area (Å²) in [6.07, 6.45) is 4.55. The quantitative estimate of drug-likeness (QED) is 0.775. The molecule has 0 aliphatic carbocycles. The number of likely N-dealkylation sites (tertiary alicyclic amines) is 1. The lowest BCUT2D eigenvalue weighted by Crippen LogP contribution is -2.42. The number of urea groups is 1. The standard InChI is InChI=1S/C10H18N2O3S/c1-11-10(13)12-6-3-9(4-7-12)5-8-16(2,14)15/h5,8-9H,3-4,6-7H2,1-2H3,(H,11,13)/b8-5+. The molecular weight excluding hydrogens is 228 g/mol. The maximum Gasteiger partial charge on any atom is 0.317 e. The van der Waals surface area contributed by atoms with E-state index in [0.717, 1.165) is 12.8 Å². The van der Waals surface area contributed by atoms with Gasteiger partial charge in [-0.1, -0.05) is 6.08 Å². The van der Waals surface area contributed by atoms with Gasteiger partial charge in [0, 0.05) is 31.8 Å². The van der Waals surface area contributed by atoms with Crippen LogP contribution in [0.4, 0.5) is 4.79 Å². The molecule has 1 aliphatic rings. The first-order valence-corrected chi connectivity index (χ1v) is 7.23. The van der Waals surface area contributed by atoms with Crippen molar-refractivity contribution in [1.82, 2.24) is 10.2 Å². The first-order chi connectivity index (χ1) is 7.42. The van der Waals surface area contributed by atoms with Gasteiger partial charge in [0.25, 0.3) is 0 Å². The Bertz CT molecular complexity index is 368. The highest BCUT2D eigenvalue weighted by molar-refractivity contribution is 7.93. The zero-order chi connectivity index (χ0) is 12.2. The normalized spacial score (nSPS) is 19.0. The smallest absolute Gasteiger partial charge is 0.317 e. The Morgan fingerprint density at radius 1 is 1.38 bits per heavy atom. The second-order valence-electron chi connectivity index (χ2n) is 4.04. The van der Waals surface area contributed by atoms with Crippen LogP contribution >= 0.6 is 0 Å². The minimum absolute atomic E-state index is 0.0643. The third-order valence-electron chi connectivity index (χ3n) is 2.64. The second-order valence-corrected chi connectivity index (χ2v) is 5.97. The molecule has 0 aromatic carbocycles. The Kier molecular flexibility index (Phi) is 4.35. The first kappa shape index (κ1) is 13.0. The fraction of sp³-hybridized carbons (Fsp3) is 0.700. The van der Waals surface area contributed by atoms with Gasteiger partial charge in [-0.05, 0) is 18.8 Å². The van der Waals surface area contributed by atoms with Crippen LogP contribution in [0.15, 0.2) is 11.5 Å². The van der Waals surface area contributed by atoms with Crippen molar-refractivity contribution in [2.45, 2.75) is 12.8 Å². The fourth-order valence-corrected chi connectivity index (χ4v) is 2.21. The highest BCUT2D eigenvalue weighted by Crippen LogP contribution is 2.18. The van der Waals surface area contributed by atoms with Gasteiger partial charge >= 0.3 is 6.03 Å². The predicted molar refractivity (Wildman–Crippen MR) is 62.7 cm³/mol. The van der Waals surface area contributed by atoms with E-state index in [1.165, 1.54) is 11.7 Å². The van der Waals surface area contributed by atoms with Crippen molar-refractivity contribution in [3.8, 4) is 0 Å². The summed E-state index contributed by atoms with van der Waals surface area (Å²) in [7, 11) is -1.42. The van der Waals surface area contributed by atoms with Crippen molar-refractivity contribution in [3.63, 3.8) is 0 Å². The van der Waals surface area contributed by atoms with Crippen LogP contribution < -0.4 is 5.32 Å². The lowest BCUT2D eigenvalue weighted by Gasteiger charge is -2.30. The number of rotatable bonds is 2. The van der Waals surface area contributed by atoms with Crippen molar-refractivity contribution < 1.29 is 13.2 Å². The van der Waals surface area contributed by atoms with Gasteiger partial charge in [0.05, 0.1) is 0 Å². The Balaban J connectivity index is 2.44. The number of sulfone groups is 1. The summed E-state index contributed by atoms with van der Waals surface area (Å²) in [6.45, 7) is 1.36. The molecule has 1 saturated heterocycles. The molecule has 1 rings (SSSR count). The number of piperidine rings is 1. The van der Waals surface area contributed by atoms with Crippen molar-refractivity contribution >= 4 is 15.9 Å². The van der Waals surface area contributed by atoms with E-state index in [1.54, 1.807) is 18.0 Å². The van der Waals surface area contributed by atoms with Gasteiger partial charge in [-0.25, -0.2) is 13.2 Å². The highest BCUT2D eigenvalue weighted by Gasteiger charge is 2.20. The van der Waals surface area contributed by atoms with Crippen LogP contribution in [0.1, 0.15) is 12.8 Å². The summed E-state index contributed by atoms with van der Waals surface area (Å²) in [4.78, 5) is 13.0. The average molecular weight is 246 g/mol. The third-order valence-corrected chi connectivity index (χ3v) is 3.29. The number of nitrogens with one attached hydrogen (secondary N) is 1. The lowest BCUT2D eigenvalue weighted by atomic mass is 9.97. The Hall–Kier alpha value is -1.04. The average Bonchev–Trinajstić information content (AvgIpc) is 2.25. The Morgan fingerprint density at radius 3 is 2.38 bits per heavy atom. The van der Waals surface area contributed by atoms with Gasteiger partial charge in [0.15, 0.2) is 9.84 Å². The predicted octanol–water partition coefficient (Wildman–Crippen LogP) is 0.596. The summed E-state index contributed by atoms with van der Waals surface area (Å²) >= 11 is 0. The molecule has 0 aromatic rings. The summed E-state index contributed by atoms with van der Waals surface area (Å²) in [5.74, 6) is 0.260. The number of carbonyl (C=O) groups is 1. The van der Waals surface area contributed by atoms with E-state index in [4.69, 9.17) is 0 Å². The summed E-state index contributed by atoms with van der Waals surface area (Å²) < 4.78 is 21.9. The molecule has 2 amide bonds. The van der Waals surface area contributed by atoms with E-state index in [0.29, 0.717) is 13.1 Å². The van der Waals surface area contributed by atoms with E-state index in [2.05, 4.69) is 5.32 Å². The van der Waals surface area contributed by atoms with Crippen molar-refractivity contribution in [1.29, 1.82) is 0 Å². The number of carbonyl (C=O) groups excluding carboxylic acids is 1. The van der Waals surface area contributed by atoms with Gasteiger partial charge in [-0.3, -0.25) is 0 Å². The molecule has 1 aliphatic heterocycles.